The zero-order valence-corrected chi connectivity index (χ0v) is 19.5. The van der Waals surface area contributed by atoms with Gasteiger partial charge in [-0.1, -0.05) is 17.7 Å². The monoisotopic (exact) mass is 451 g/mol. The number of ether oxygens (including phenoxy) is 3. The van der Waals surface area contributed by atoms with Gasteiger partial charge in [0.2, 0.25) is 5.91 Å². The van der Waals surface area contributed by atoms with Crippen molar-refractivity contribution in [1.82, 2.24) is 5.32 Å². The highest BCUT2D eigenvalue weighted by molar-refractivity contribution is 7.99. The summed E-state index contributed by atoms with van der Waals surface area (Å²) in [5.74, 6) is 1.84. The smallest absolute Gasteiger partial charge is 0.250 e. The molecule has 1 atom stereocenters. The summed E-state index contributed by atoms with van der Waals surface area (Å²) in [4.78, 5) is 13.6. The van der Waals surface area contributed by atoms with Gasteiger partial charge in [-0.3, -0.25) is 4.79 Å². The van der Waals surface area contributed by atoms with Crippen LogP contribution in [0.15, 0.2) is 47.4 Å². The molecule has 0 bridgehead atoms. The Balaban J connectivity index is 1.86. The van der Waals surface area contributed by atoms with E-state index in [2.05, 4.69) is 5.32 Å². The zero-order valence-electron chi connectivity index (χ0n) is 17.9. The molecule has 0 aliphatic rings. The molecule has 0 fully saturated rings. The molecular weight excluding hydrogens is 422 g/mol. The number of hydrogen-bond donors (Lipinski definition) is 1. The fourth-order valence-electron chi connectivity index (χ4n) is 2.77. The lowest BCUT2D eigenvalue weighted by Gasteiger charge is -2.17. The molecule has 164 valence electrons. The number of amides is 1. The van der Waals surface area contributed by atoms with Gasteiger partial charge in [-0.25, -0.2) is 0 Å². The Morgan fingerprint density at radius 3 is 2.50 bits per heavy atom. The topological polar surface area (TPSA) is 56.8 Å². The summed E-state index contributed by atoms with van der Waals surface area (Å²) in [6.07, 6.45) is 0.255. The third-order valence-corrected chi connectivity index (χ3v) is 5.51. The fourth-order valence-corrected chi connectivity index (χ4v) is 3.81. The van der Waals surface area contributed by atoms with Crippen LogP contribution >= 0.6 is 23.4 Å². The molecule has 5 nitrogen and oxygen atoms in total. The van der Waals surface area contributed by atoms with Crippen molar-refractivity contribution < 1.29 is 19.0 Å². The summed E-state index contributed by atoms with van der Waals surface area (Å²) in [6, 6.07) is 13.4. The van der Waals surface area contributed by atoms with Gasteiger partial charge in [-0.2, -0.15) is 0 Å². The van der Waals surface area contributed by atoms with Gasteiger partial charge < -0.3 is 19.5 Å². The van der Waals surface area contributed by atoms with Gasteiger partial charge >= 0.3 is 0 Å². The lowest BCUT2D eigenvalue weighted by Crippen LogP contribution is -2.39. The number of rotatable bonds is 12. The Morgan fingerprint density at radius 2 is 1.87 bits per heavy atom. The molecule has 1 unspecified atom stereocenters. The van der Waals surface area contributed by atoms with Crippen molar-refractivity contribution >= 4 is 29.3 Å². The molecule has 1 N–H and O–H groups in total. The van der Waals surface area contributed by atoms with E-state index in [9.17, 15) is 4.79 Å². The second-order valence-corrected chi connectivity index (χ2v) is 8.43. The third-order valence-electron chi connectivity index (χ3n) is 4.18. The molecule has 2 aromatic carbocycles. The van der Waals surface area contributed by atoms with Gasteiger partial charge in [0.1, 0.15) is 6.10 Å². The van der Waals surface area contributed by atoms with E-state index in [0.29, 0.717) is 36.1 Å². The molecule has 0 heterocycles. The summed E-state index contributed by atoms with van der Waals surface area (Å²) >= 11 is 7.49. The lowest BCUT2D eigenvalue weighted by atomic mass is 10.1. The summed E-state index contributed by atoms with van der Waals surface area (Å²) in [5, 5.41) is 3.67. The fraction of sp³-hybridized carbons (Fsp3) is 0.435. The molecule has 0 aliphatic carbocycles. The van der Waals surface area contributed by atoms with Gasteiger partial charge in [-0.15, -0.1) is 11.8 Å². The number of halogens is 1. The van der Waals surface area contributed by atoms with Crippen molar-refractivity contribution in [3.63, 3.8) is 0 Å². The van der Waals surface area contributed by atoms with Gasteiger partial charge in [0.25, 0.3) is 0 Å². The number of carbonyl (C=O) groups is 1. The molecule has 0 saturated carbocycles. The molecule has 2 aromatic rings. The number of hydrogen-bond acceptors (Lipinski definition) is 5. The normalized spacial score (nSPS) is 11.9. The Bertz CT molecular complexity index is 798. The maximum Gasteiger partial charge on any atom is 0.250 e. The van der Waals surface area contributed by atoms with E-state index in [-0.39, 0.29) is 12.0 Å². The van der Waals surface area contributed by atoms with Crippen LogP contribution in [0.1, 0.15) is 26.3 Å². The minimum absolute atomic E-state index is 0.0743. The molecule has 0 radical (unpaired) electrons. The van der Waals surface area contributed by atoms with Crippen LogP contribution < -0.4 is 14.8 Å². The van der Waals surface area contributed by atoms with Gasteiger partial charge in [0.05, 0.1) is 13.2 Å². The molecule has 0 aromatic heterocycles. The average Bonchev–Trinajstić information content (AvgIpc) is 2.72. The van der Waals surface area contributed by atoms with E-state index < -0.39 is 6.10 Å². The minimum atomic E-state index is -0.507. The van der Waals surface area contributed by atoms with Crippen LogP contribution in [-0.2, 0) is 16.0 Å². The Morgan fingerprint density at radius 1 is 1.13 bits per heavy atom. The Kier molecular flexibility index (Phi) is 10.3. The van der Waals surface area contributed by atoms with Gasteiger partial charge in [0.15, 0.2) is 11.5 Å². The van der Waals surface area contributed by atoms with Crippen molar-refractivity contribution in [2.75, 3.05) is 26.0 Å². The SMILES string of the molecule is CCOC(CSc1ccc(Cl)cc1)C(=O)NCCc1ccc(OC(C)C)c(OC)c1. The average molecular weight is 452 g/mol. The Hall–Kier alpha value is -1.89. The van der Waals surface area contributed by atoms with E-state index in [1.165, 1.54) is 0 Å². The van der Waals surface area contributed by atoms with E-state index in [0.717, 1.165) is 16.2 Å². The van der Waals surface area contributed by atoms with Crippen LogP contribution in [0.3, 0.4) is 0 Å². The predicted octanol–water partition coefficient (Wildman–Crippen LogP) is 4.99. The number of methoxy groups -OCH3 is 1. The summed E-state index contributed by atoms with van der Waals surface area (Å²) in [5.41, 5.74) is 1.06. The highest BCUT2D eigenvalue weighted by Crippen LogP contribution is 2.29. The number of benzene rings is 2. The molecule has 1 amide bonds. The lowest BCUT2D eigenvalue weighted by molar-refractivity contribution is -0.131. The molecule has 0 saturated heterocycles. The second-order valence-electron chi connectivity index (χ2n) is 6.90. The van der Waals surface area contributed by atoms with Crippen molar-refractivity contribution in [2.24, 2.45) is 0 Å². The van der Waals surface area contributed by atoms with Crippen LogP contribution in [0.2, 0.25) is 5.02 Å². The number of nitrogens with one attached hydrogen (secondary N) is 1. The highest BCUT2D eigenvalue weighted by atomic mass is 35.5. The van der Waals surface area contributed by atoms with Crippen LogP contribution in [-0.4, -0.2) is 44.1 Å². The van der Waals surface area contributed by atoms with Crippen LogP contribution in [0.5, 0.6) is 11.5 Å². The standard InChI is InChI=1S/C23H30ClNO4S/c1-5-28-22(15-30-19-9-7-18(24)8-10-19)23(26)25-13-12-17-6-11-20(29-16(2)3)21(14-17)27-4/h6-11,14,16,22H,5,12-13,15H2,1-4H3,(H,25,26). The van der Waals surface area contributed by atoms with Crippen molar-refractivity contribution in [3.8, 4) is 11.5 Å². The molecular formula is C23H30ClNO4S. The van der Waals surface area contributed by atoms with Crippen molar-refractivity contribution in [1.29, 1.82) is 0 Å². The third kappa shape index (κ3) is 8.09. The maximum atomic E-state index is 12.6. The first-order valence-electron chi connectivity index (χ1n) is 10.0. The largest absolute Gasteiger partial charge is 0.493 e. The first kappa shape index (κ1) is 24.4. The second kappa shape index (κ2) is 12.7. The first-order valence-corrected chi connectivity index (χ1v) is 11.4. The van der Waals surface area contributed by atoms with Crippen LogP contribution in [0.25, 0.3) is 0 Å². The van der Waals surface area contributed by atoms with Gasteiger partial charge in [-0.05, 0) is 69.2 Å². The van der Waals surface area contributed by atoms with Crippen molar-refractivity contribution in [2.45, 2.75) is 44.3 Å². The number of thioether (sulfide) groups is 1. The summed E-state index contributed by atoms with van der Waals surface area (Å²) in [6.45, 7) is 6.83. The number of carbonyl (C=O) groups excluding carboxylic acids is 1. The van der Waals surface area contributed by atoms with Crippen LogP contribution in [0, 0.1) is 0 Å². The minimum Gasteiger partial charge on any atom is -0.493 e. The molecule has 7 heteroatoms. The van der Waals surface area contributed by atoms with E-state index in [4.69, 9.17) is 25.8 Å². The van der Waals surface area contributed by atoms with E-state index >= 15 is 0 Å². The molecule has 30 heavy (non-hydrogen) atoms. The quantitative estimate of drug-likeness (QED) is 0.460. The Labute approximate surface area is 188 Å². The van der Waals surface area contributed by atoms with E-state index in [1.54, 1.807) is 18.9 Å². The van der Waals surface area contributed by atoms with Crippen LogP contribution in [0.4, 0.5) is 0 Å². The highest BCUT2D eigenvalue weighted by Gasteiger charge is 2.19. The first-order chi connectivity index (χ1) is 14.4. The zero-order chi connectivity index (χ0) is 21.9. The maximum absolute atomic E-state index is 12.6. The summed E-state index contributed by atoms with van der Waals surface area (Å²) in [7, 11) is 1.62. The van der Waals surface area contributed by atoms with E-state index in [1.807, 2.05) is 63.2 Å². The molecule has 0 aliphatic heterocycles. The molecule has 2 rings (SSSR count). The van der Waals surface area contributed by atoms with Crippen molar-refractivity contribution in [3.05, 3.63) is 53.1 Å². The molecule has 0 spiro atoms. The predicted molar refractivity (Wildman–Crippen MR) is 123 cm³/mol. The van der Waals surface area contributed by atoms with Gasteiger partial charge in [0, 0.05) is 28.8 Å². The summed E-state index contributed by atoms with van der Waals surface area (Å²) < 4.78 is 16.8.